The quantitative estimate of drug-likeness (QED) is 0.0961. The summed E-state index contributed by atoms with van der Waals surface area (Å²) in [5.41, 5.74) is 4.51. The second-order valence-corrected chi connectivity index (χ2v) is 11.9. The third kappa shape index (κ3) is 8.47. The molecule has 0 radical (unpaired) electrons. The van der Waals surface area contributed by atoms with Crippen molar-refractivity contribution in [3.63, 3.8) is 0 Å². The summed E-state index contributed by atoms with van der Waals surface area (Å²) < 4.78 is 10.5. The third-order valence-corrected chi connectivity index (χ3v) is 8.08. The van der Waals surface area contributed by atoms with E-state index in [-0.39, 0.29) is 35.6 Å². The highest BCUT2D eigenvalue weighted by Crippen LogP contribution is 2.33. The number of aryl methyl sites for hydroxylation is 2. The summed E-state index contributed by atoms with van der Waals surface area (Å²) in [6.07, 6.45) is 10.6. The van der Waals surface area contributed by atoms with Crippen LogP contribution in [0, 0.1) is 0 Å². The molecule has 0 amide bonds. The van der Waals surface area contributed by atoms with Gasteiger partial charge in [-0.2, -0.15) is 0 Å². The van der Waals surface area contributed by atoms with Gasteiger partial charge in [-0.25, -0.2) is 0 Å². The molecule has 0 spiro atoms. The molecule has 5 aromatic rings. The van der Waals surface area contributed by atoms with Crippen LogP contribution in [0.25, 0.3) is 33.7 Å². The highest BCUT2D eigenvalue weighted by Gasteiger charge is 2.13. The lowest BCUT2D eigenvalue weighted by Crippen LogP contribution is -2.05. The lowest BCUT2D eigenvalue weighted by molar-refractivity contribution is -0.121. The fourth-order valence-electron chi connectivity index (χ4n) is 5.79. The molecule has 0 saturated carbocycles. The van der Waals surface area contributed by atoms with Crippen molar-refractivity contribution < 1.29 is 29.3 Å². The van der Waals surface area contributed by atoms with Gasteiger partial charge in [0.2, 0.25) is 0 Å². The van der Waals surface area contributed by atoms with Crippen molar-refractivity contribution in [2.45, 2.75) is 52.1 Å². The maximum absolute atomic E-state index is 12.0. The van der Waals surface area contributed by atoms with Crippen molar-refractivity contribution in [3.8, 4) is 23.0 Å². The van der Waals surface area contributed by atoms with Crippen molar-refractivity contribution in [1.82, 2.24) is 0 Å². The van der Waals surface area contributed by atoms with Crippen LogP contribution in [0.5, 0.6) is 23.0 Å². The van der Waals surface area contributed by atoms with Crippen LogP contribution in [0.4, 0.5) is 0 Å². The average molecular weight is 629 g/mol. The molecule has 0 fully saturated rings. The number of phenolic OH excluding ortho intramolecular Hbond substituents is 2. The van der Waals surface area contributed by atoms with Crippen LogP contribution in [0.3, 0.4) is 0 Å². The molecule has 0 heterocycles. The zero-order chi connectivity index (χ0) is 33.3. The van der Waals surface area contributed by atoms with Crippen LogP contribution in [0.1, 0.15) is 55.4 Å². The van der Waals surface area contributed by atoms with Crippen molar-refractivity contribution >= 4 is 45.3 Å². The number of allylic oxidation sites excluding steroid dienone is 2. The minimum atomic E-state index is -0.346. The molecule has 0 aliphatic heterocycles. The Hall–Kier alpha value is -5.36. The van der Waals surface area contributed by atoms with E-state index in [4.69, 9.17) is 9.47 Å². The molecule has 5 aromatic carbocycles. The summed E-state index contributed by atoms with van der Waals surface area (Å²) in [7, 11) is 1.44. The first-order valence-electron chi connectivity index (χ1n) is 15.9. The van der Waals surface area contributed by atoms with Crippen LogP contribution >= 0.6 is 0 Å². The third-order valence-electron chi connectivity index (χ3n) is 8.08. The molecule has 2 N–H and O–H groups in total. The van der Waals surface area contributed by atoms with Gasteiger partial charge >= 0.3 is 0 Å². The SMILES string of the molecule is COc1cc(/C=C/C(=O)CC(=O)/C=C/c2ccc(O)c(OC(C)C)c2)ccc1O.c1ccc2c(c1)ccc1c3c(ccc12)CCCC3. The van der Waals surface area contributed by atoms with Crippen LogP contribution in [-0.4, -0.2) is 35.0 Å². The summed E-state index contributed by atoms with van der Waals surface area (Å²) in [4.78, 5) is 24.0. The van der Waals surface area contributed by atoms with Crippen molar-refractivity contribution in [2.75, 3.05) is 7.11 Å². The number of rotatable bonds is 9. The molecule has 0 unspecified atom stereocenters. The van der Waals surface area contributed by atoms with E-state index in [2.05, 4.69) is 48.5 Å². The second kappa shape index (κ2) is 15.3. The predicted molar refractivity (Wildman–Crippen MR) is 189 cm³/mol. The van der Waals surface area contributed by atoms with Gasteiger partial charge in [-0.15, -0.1) is 0 Å². The highest BCUT2D eigenvalue weighted by molar-refractivity contribution is 6.11. The molecule has 0 aromatic heterocycles. The Kier molecular flexibility index (Phi) is 10.7. The van der Waals surface area contributed by atoms with E-state index in [1.165, 1.54) is 78.6 Å². The number of ether oxygens (including phenoxy) is 2. The van der Waals surface area contributed by atoms with Crippen molar-refractivity contribution in [1.29, 1.82) is 0 Å². The second-order valence-electron chi connectivity index (χ2n) is 11.9. The van der Waals surface area contributed by atoms with Crippen molar-refractivity contribution in [2.24, 2.45) is 0 Å². The first-order chi connectivity index (χ1) is 22.7. The minimum absolute atomic E-state index is 0.00692. The number of benzene rings is 5. The summed E-state index contributed by atoms with van der Waals surface area (Å²) in [5, 5.41) is 25.0. The Morgan fingerprint density at radius 2 is 1.34 bits per heavy atom. The molecule has 1 aliphatic rings. The molecule has 1 aliphatic carbocycles. The molecule has 47 heavy (non-hydrogen) atoms. The standard InChI is InChI=1S/C23H24O6.C18H16/c1-15(2)29-23-13-17(7-11-21(23)27)5-9-19(25)14-18(24)8-4-16-6-10-20(26)22(12-16)28-3;1-3-7-15-13(5-1)9-11-18-16-8-4-2-6-14(16)10-12-17(15)18/h4-13,15,26-27H,14H2,1-3H3;1,3,5,7,9-12H,2,4,6,8H2/b8-4+,9-5+;. The number of fused-ring (bicyclic) bond motifs is 5. The molecule has 6 rings (SSSR count). The Labute approximate surface area is 275 Å². The molecular formula is C41H40O6. The maximum Gasteiger partial charge on any atom is 0.163 e. The molecule has 240 valence electrons. The van der Waals surface area contributed by atoms with Crippen LogP contribution < -0.4 is 9.47 Å². The Balaban J connectivity index is 0.000000203. The van der Waals surface area contributed by atoms with Gasteiger partial charge in [0.15, 0.2) is 34.6 Å². The van der Waals surface area contributed by atoms with Gasteiger partial charge < -0.3 is 19.7 Å². The monoisotopic (exact) mass is 628 g/mol. The Morgan fingerprint density at radius 3 is 2.02 bits per heavy atom. The Bertz CT molecular complexity index is 1970. The lowest BCUT2D eigenvalue weighted by atomic mass is 9.86. The maximum atomic E-state index is 12.0. The first-order valence-corrected chi connectivity index (χ1v) is 15.9. The summed E-state index contributed by atoms with van der Waals surface area (Å²) in [6, 6.07) is 27.4. The van der Waals surface area contributed by atoms with Gasteiger partial charge in [0, 0.05) is 0 Å². The van der Waals surface area contributed by atoms with Gasteiger partial charge in [0.1, 0.15) is 0 Å². The van der Waals surface area contributed by atoms with Crippen LogP contribution in [-0.2, 0) is 22.4 Å². The number of carbonyl (C=O) groups excluding carboxylic acids is 2. The predicted octanol–water partition coefficient (Wildman–Crippen LogP) is 9.02. The van der Waals surface area contributed by atoms with Crippen molar-refractivity contribution in [3.05, 3.63) is 119 Å². The van der Waals surface area contributed by atoms with Crippen LogP contribution in [0.2, 0.25) is 0 Å². The number of methoxy groups -OCH3 is 1. The van der Waals surface area contributed by atoms with Gasteiger partial charge in [0.05, 0.1) is 19.6 Å². The van der Waals surface area contributed by atoms with Gasteiger partial charge in [-0.05, 0) is 120 Å². The van der Waals surface area contributed by atoms with E-state index in [9.17, 15) is 19.8 Å². The zero-order valence-electron chi connectivity index (χ0n) is 27.0. The number of ketones is 2. The lowest BCUT2D eigenvalue weighted by Gasteiger charge is -2.18. The minimum Gasteiger partial charge on any atom is -0.504 e. The van der Waals surface area contributed by atoms with E-state index in [0.29, 0.717) is 22.6 Å². The zero-order valence-corrected chi connectivity index (χ0v) is 27.0. The number of phenols is 2. The molecule has 6 nitrogen and oxygen atoms in total. The molecule has 0 bridgehead atoms. The largest absolute Gasteiger partial charge is 0.504 e. The number of hydrogen-bond donors (Lipinski definition) is 2. The normalized spacial score (nSPS) is 12.7. The fourth-order valence-corrected chi connectivity index (χ4v) is 5.79. The van der Waals surface area contributed by atoms with E-state index in [1.807, 2.05) is 13.8 Å². The number of aromatic hydroxyl groups is 2. The van der Waals surface area contributed by atoms with E-state index < -0.39 is 0 Å². The molecule has 0 saturated heterocycles. The molecular weight excluding hydrogens is 588 g/mol. The first kappa shape index (κ1) is 33.0. The topological polar surface area (TPSA) is 93.1 Å². The van der Waals surface area contributed by atoms with Crippen LogP contribution in [0.15, 0.2) is 97.1 Å². The molecule has 0 atom stereocenters. The van der Waals surface area contributed by atoms with Gasteiger partial charge in [0.25, 0.3) is 0 Å². The van der Waals surface area contributed by atoms with E-state index in [1.54, 1.807) is 47.5 Å². The van der Waals surface area contributed by atoms with E-state index >= 15 is 0 Å². The molecule has 6 heteroatoms. The van der Waals surface area contributed by atoms with Gasteiger partial charge in [-0.3, -0.25) is 9.59 Å². The highest BCUT2D eigenvalue weighted by atomic mass is 16.5. The number of carbonyl (C=O) groups is 2. The Morgan fingerprint density at radius 1 is 0.723 bits per heavy atom. The fraction of sp³-hybridized carbons (Fsp3) is 0.220. The summed E-state index contributed by atoms with van der Waals surface area (Å²) >= 11 is 0. The van der Waals surface area contributed by atoms with Gasteiger partial charge in [-0.1, -0.05) is 72.8 Å². The summed E-state index contributed by atoms with van der Waals surface area (Å²) in [5.74, 6) is -0.0318. The van der Waals surface area contributed by atoms with E-state index in [0.717, 1.165) is 0 Å². The average Bonchev–Trinajstić information content (AvgIpc) is 3.08. The number of hydrogen-bond acceptors (Lipinski definition) is 6. The summed E-state index contributed by atoms with van der Waals surface area (Å²) in [6.45, 7) is 3.69. The smallest absolute Gasteiger partial charge is 0.163 e.